The van der Waals surface area contributed by atoms with Gasteiger partial charge in [-0.2, -0.15) is 5.21 Å². The number of aromatic carboxylic acids is 1. The van der Waals surface area contributed by atoms with Gasteiger partial charge in [0.25, 0.3) is 11.7 Å². The molecular weight excluding hydrogens is 254 g/mol. The molecule has 1 heterocycles. The van der Waals surface area contributed by atoms with Gasteiger partial charge < -0.3 is 15.2 Å². The van der Waals surface area contributed by atoms with Crippen LogP contribution in [-0.2, 0) is 0 Å². The second-order valence-electron chi connectivity index (χ2n) is 3.41. The summed E-state index contributed by atoms with van der Waals surface area (Å²) < 4.78 is 4.94. The third-order valence-electron chi connectivity index (χ3n) is 2.24. The number of H-pyrrole nitrogens is 1. The maximum absolute atomic E-state index is 11.6. The quantitative estimate of drug-likeness (QED) is 0.716. The fourth-order valence-electron chi connectivity index (χ4n) is 1.39. The van der Waals surface area contributed by atoms with Gasteiger partial charge in [-0.1, -0.05) is 0 Å². The lowest BCUT2D eigenvalue weighted by Crippen LogP contribution is -2.14. The van der Waals surface area contributed by atoms with E-state index in [1.165, 1.54) is 25.3 Å². The number of hydrogen-bond acceptors (Lipinski definition) is 6. The molecule has 0 radical (unpaired) electrons. The molecule has 1 aromatic carbocycles. The van der Waals surface area contributed by atoms with Crippen molar-refractivity contribution in [2.45, 2.75) is 0 Å². The molecule has 2 aromatic rings. The van der Waals surface area contributed by atoms with Gasteiger partial charge in [0.2, 0.25) is 0 Å². The first-order chi connectivity index (χ1) is 9.11. The SMILES string of the molecule is COc1cc(NC(=O)c2nn[nH]n2)ccc1C(=O)O. The molecular formula is C10H9N5O4. The minimum atomic E-state index is -1.12. The number of carboxylic acid groups (broad SMARTS) is 1. The van der Waals surface area contributed by atoms with E-state index in [1.54, 1.807) is 0 Å². The van der Waals surface area contributed by atoms with E-state index in [1.807, 2.05) is 0 Å². The van der Waals surface area contributed by atoms with Crippen molar-refractivity contribution in [3.63, 3.8) is 0 Å². The zero-order chi connectivity index (χ0) is 13.8. The van der Waals surface area contributed by atoms with Gasteiger partial charge >= 0.3 is 5.97 Å². The monoisotopic (exact) mass is 263 g/mol. The highest BCUT2D eigenvalue weighted by Crippen LogP contribution is 2.23. The Hall–Kier alpha value is -2.97. The molecule has 0 aliphatic rings. The summed E-state index contributed by atoms with van der Waals surface area (Å²) in [5.41, 5.74) is 0.358. The Kier molecular flexibility index (Phi) is 3.37. The number of aromatic amines is 1. The Morgan fingerprint density at radius 2 is 2.21 bits per heavy atom. The zero-order valence-electron chi connectivity index (χ0n) is 9.75. The average Bonchev–Trinajstić information content (AvgIpc) is 2.92. The summed E-state index contributed by atoms with van der Waals surface area (Å²) >= 11 is 0. The minimum absolute atomic E-state index is 0.0000556. The number of methoxy groups -OCH3 is 1. The van der Waals surface area contributed by atoms with E-state index < -0.39 is 11.9 Å². The normalized spacial score (nSPS) is 9.95. The van der Waals surface area contributed by atoms with Crippen LogP contribution >= 0.6 is 0 Å². The number of nitrogens with one attached hydrogen (secondary N) is 2. The van der Waals surface area contributed by atoms with E-state index in [9.17, 15) is 9.59 Å². The highest BCUT2D eigenvalue weighted by molar-refractivity contribution is 6.02. The number of hydrogen-bond donors (Lipinski definition) is 3. The Labute approximate surface area is 106 Å². The van der Waals surface area contributed by atoms with Crippen LogP contribution in [0.5, 0.6) is 5.75 Å². The number of anilines is 1. The van der Waals surface area contributed by atoms with Crippen molar-refractivity contribution in [2.24, 2.45) is 0 Å². The summed E-state index contributed by atoms with van der Waals surface area (Å²) in [6.07, 6.45) is 0. The molecule has 3 N–H and O–H groups in total. The first-order valence-corrected chi connectivity index (χ1v) is 5.08. The second-order valence-corrected chi connectivity index (χ2v) is 3.41. The Bertz CT molecular complexity index is 610. The highest BCUT2D eigenvalue weighted by atomic mass is 16.5. The van der Waals surface area contributed by atoms with Crippen LogP contribution in [-0.4, -0.2) is 44.7 Å². The van der Waals surface area contributed by atoms with Gasteiger partial charge in [0.15, 0.2) is 0 Å². The molecule has 9 nitrogen and oxygen atoms in total. The van der Waals surface area contributed by atoms with Gasteiger partial charge in [0.1, 0.15) is 11.3 Å². The van der Waals surface area contributed by atoms with Gasteiger partial charge in [-0.3, -0.25) is 4.79 Å². The lowest BCUT2D eigenvalue weighted by atomic mass is 10.2. The molecule has 0 fully saturated rings. The number of carbonyl (C=O) groups excluding carboxylic acids is 1. The van der Waals surface area contributed by atoms with Crippen molar-refractivity contribution in [3.05, 3.63) is 29.6 Å². The molecule has 0 saturated heterocycles. The summed E-state index contributed by atoms with van der Waals surface area (Å²) in [6.45, 7) is 0. The van der Waals surface area contributed by atoms with Crippen LogP contribution in [0.2, 0.25) is 0 Å². The molecule has 2 rings (SSSR count). The second kappa shape index (κ2) is 5.12. The number of ether oxygens (including phenoxy) is 1. The van der Waals surface area contributed by atoms with Crippen LogP contribution < -0.4 is 10.1 Å². The molecule has 1 amide bonds. The Morgan fingerprint density at radius 3 is 2.79 bits per heavy atom. The van der Waals surface area contributed by atoms with Crippen molar-refractivity contribution in [3.8, 4) is 5.75 Å². The van der Waals surface area contributed by atoms with E-state index in [-0.39, 0.29) is 17.1 Å². The molecule has 0 aliphatic heterocycles. The van der Waals surface area contributed by atoms with Gasteiger partial charge in [-0.05, 0) is 17.3 Å². The van der Waals surface area contributed by atoms with Crippen molar-refractivity contribution in [1.29, 1.82) is 0 Å². The predicted octanol–water partition coefficient (Wildman–Crippen LogP) is 0.159. The fraction of sp³-hybridized carbons (Fsp3) is 0.100. The Morgan fingerprint density at radius 1 is 1.42 bits per heavy atom. The molecule has 0 bridgehead atoms. The molecule has 0 aliphatic carbocycles. The lowest BCUT2D eigenvalue weighted by molar-refractivity contribution is 0.0693. The summed E-state index contributed by atoms with van der Waals surface area (Å²) in [6, 6.07) is 4.15. The molecule has 0 unspecified atom stereocenters. The van der Waals surface area contributed by atoms with Crippen molar-refractivity contribution in [1.82, 2.24) is 20.6 Å². The summed E-state index contributed by atoms with van der Waals surface area (Å²) in [4.78, 5) is 22.5. The molecule has 9 heteroatoms. The first-order valence-electron chi connectivity index (χ1n) is 5.08. The largest absolute Gasteiger partial charge is 0.496 e. The van der Waals surface area contributed by atoms with Crippen LogP contribution in [0.15, 0.2) is 18.2 Å². The van der Waals surface area contributed by atoms with E-state index in [0.29, 0.717) is 5.69 Å². The van der Waals surface area contributed by atoms with E-state index in [0.717, 1.165) is 0 Å². The Balaban J connectivity index is 2.22. The molecule has 98 valence electrons. The predicted molar refractivity (Wildman–Crippen MR) is 62.1 cm³/mol. The first kappa shape index (κ1) is 12.5. The lowest BCUT2D eigenvalue weighted by Gasteiger charge is -2.08. The van der Waals surface area contributed by atoms with Crippen LogP contribution in [0.1, 0.15) is 21.0 Å². The van der Waals surface area contributed by atoms with Gasteiger partial charge in [-0.25, -0.2) is 4.79 Å². The van der Waals surface area contributed by atoms with Gasteiger partial charge in [0, 0.05) is 11.8 Å². The van der Waals surface area contributed by atoms with Crippen molar-refractivity contribution >= 4 is 17.6 Å². The number of nitrogens with zero attached hydrogens (tertiary/aromatic N) is 3. The molecule has 0 spiro atoms. The number of carbonyl (C=O) groups is 2. The van der Waals surface area contributed by atoms with E-state index in [2.05, 4.69) is 25.9 Å². The minimum Gasteiger partial charge on any atom is -0.496 e. The van der Waals surface area contributed by atoms with E-state index >= 15 is 0 Å². The van der Waals surface area contributed by atoms with Crippen LogP contribution in [0.25, 0.3) is 0 Å². The van der Waals surface area contributed by atoms with Gasteiger partial charge in [-0.15, -0.1) is 10.2 Å². The van der Waals surface area contributed by atoms with Crippen molar-refractivity contribution in [2.75, 3.05) is 12.4 Å². The fourth-order valence-corrected chi connectivity index (χ4v) is 1.39. The summed E-state index contributed by atoms with van der Waals surface area (Å²) in [5.74, 6) is -1.67. The van der Waals surface area contributed by atoms with Crippen LogP contribution in [0.4, 0.5) is 5.69 Å². The summed E-state index contributed by atoms with van der Waals surface area (Å²) in [7, 11) is 1.34. The molecule has 1 aromatic heterocycles. The smallest absolute Gasteiger partial charge is 0.339 e. The van der Waals surface area contributed by atoms with E-state index in [4.69, 9.17) is 9.84 Å². The molecule has 0 atom stereocenters. The third-order valence-corrected chi connectivity index (χ3v) is 2.24. The molecule has 19 heavy (non-hydrogen) atoms. The molecule has 0 saturated carbocycles. The maximum Gasteiger partial charge on any atom is 0.339 e. The van der Waals surface area contributed by atoms with Crippen LogP contribution in [0.3, 0.4) is 0 Å². The maximum atomic E-state index is 11.6. The number of benzene rings is 1. The summed E-state index contributed by atoms with van der Waals surface area (Å²) in [5, 5.41) is 23.8. The highest BCUT2D eigenvalue weighted by Gasteiger charge is 2.14. The third kappa shape index (κ3) is 2.65. The number of carboxylic acids is 1. The van der Waals surface area contributed by atoms with Crippen molar-refractivity contribution < 1.29 is 19.4 Å². The average molecular weight is 263 g/mol. The number of aromatic nitrogens is 4. The zero-order valence-corrected chi connectivity index (χ0v) is 9.75. The number of amides is 1. The van der Waals surface area contributed by atoms with Gasteiger partial charge in [0.05, 0.1) is 7.11 Å². The van der Waals surface area contributed by atoms with Crippen LogP contribution in [0, 0.1) is 0 Å². The standard InChI is InChI=1S/C10H9N5O4/c1-19-7-4-5(2-3-6(7)10(17)18)11-9(16)8-12-14-15-13-8/h2-4H,1H3,(H,11,16)(H,17,18)(H,12,13,14,15). The topological polar surface area (TPSA) is 130 Å². The number of tetrazole rings is 1. The number of rotatable bonds is 4.